The van der Waals surface area contributed by atoms with Crippen LogP contribution in [0.25, 0.3) is 0 Å². The minimum absolute atomic E-state index is 0.205. The van der Waals surface area contributed by atoms with Crippen molar-refractivity contribution in [3.8, 4) is 0 Å². The fraction of sp³-hybridized carbons (Fsp3) is 0.500. The van der Waals surface area contributed by atoms with Crippen LogP contribution in [0.3, 0.4) is 0 Å². The summed E-state index contributed by atoms with van der Waals surface area (Å²) >= 11 is 0. The Morgan fingerprint density at radius 2 is 1.93 bits per heavy atom. The van der Waals surface area contributed by atoms with E-state index in [4.69, 9.17) is 4.74 Å². The molecule has 0 saturated carbocycles. The van der Waals surface area contributed by atoms with E-state index in [-0.39, 0.29) is 18.5 Å². The molecule has 1 rings (SSSR count). The summed E-state index contributed by atoms with van der Waals surface area (Å²) in [6.45, 7) is 13.9. The van der Waals surface area contributed by atoms with Crippen molar-refractivity contribution in [3.05, 3.63) is 47.6 Å². The predicted octanol–water partition coefficient (Wildman–Crippen LogP) is 4.01. The predicted molar refractivity (Wildman–Crippen MR) is 111 cm³/mol. The smallest absolute Gasteiger partial charge is 0.410 e. The van der Waals surface area contributed by atoms with Crippen LogP contribution in [0.15, 0.2) is 47.6 Å². The molecule has 3 amide bonds. The number of hydrogen-bond donors (Lipinski definition) is 0. The van der Waals surface area contributed by atoms with Crippen LogP contribution < -0.4 is 0 Å². The quantitative estimate of drug-likeness (QED) is 0.298. The first-order chi connectivity index (χ1) is 13.1. The average molecular weight is 389 g/mol. The Balaban J connectivity index is 2.86. The van der Waals surface area contributed by atoms with Gasteiger partial charge in [0.25, 0.3) is 5.91 Å². The van der Waals surface area contributed by atoms with E-state index in [0.29, 0.717) is 25.1 Å². The van der Waals surface area contributed by atoms with Crippen LogP contribution in [0.1, 0.15) is 47.5 Å². The molecule has 1 aliphatic heterocycles. The number of amides is 3. The Hall–Kier alpha value is -2.63. The molecule has 1 saturated heterocycles. The molecular weight excluding hydrogens is 356 g/mol. The fourth-order valence-electron chi connectivity index (χ4n) is 2.80. The summed E-state index contributed by atoms with van der Waals surface area (Å²) in [7, 11) is 0. The number of ether oxygens (including phenoxy) is 1. The van der Waals surface area contributed by atoms with Gasteiger partial charge in [0.05, 0.1) is 0 Å². The zero-order valence-corrected chi connectivity index (χ0v) is 17.7. The van der Waals surface area contributed by atoms with E-state index in [1.54, 1.807) is 36.1 Å². The molecule has 154 valence electrons. The monoisotopic (exact) mass is 388 g/mol. The highest BCUT2D eigenvalue weighted by molar-refractivity contribution is 5.99. The normalized spacial score (nSPS) is 17.3. The highest BCUT2D eigenvalue weighted by Gasteiger charge is 2.26. The highest BCUT2D eigenvalue weighted by atomic mass is 16.6. The van der Waals surface area contributed by atoms with Crippen molar-refractivity contribution in [1.29, 1.82) is 0 Å². The molecule has 28 heavy (non-hydrogen) atoms. The van der Waals surface area contributed by atoms with E-state index >= 15 is 0 Å². The maximum absolute atomic E-state index is 12.5. The van der Waals surface area contributed by atoms with Gasteiger partial charge in [0.2, 0.25) is 6.41 Å². The summed E-state index contributed by atoms with van der Waals surface area (Å²) < 4.78 is 5.45. The van der Waals surface area contributed by atoms with E-state index in [9.17, 15) is 14.4 Å². The van der Waals surface area contributed by atoms with Crippen molar-refractivity contribution >= 4 is 18.4 Å². The maximum atomic E-state index is 12.5. The lowest BCUT2D eigenvalue weighted by Gasteiger charge is -2.32. The third-order valence-electron chi connectivity index (χ3n) is 4.27. The molecule has 0 aromatic heterocycles. The number of allylic oxidation sites excluding steroid dienone is 4. The van der Waals surface area contributed by atoms with Gasteiger partial charge in [0.15, 0.2) is 0 Å². The minimum Gasteiger partial charge on any atom is -0.444 e. The van der Waals surface area contributed by atoms with Crippen LogP contribution in [-0.2, 0) is 14.3 Å². The van der Waals surface area contributed by atoms with Crippen LogP contribution in [-0.4, -0.2) is 53.4 Å². The molecule has 0 spiro atoms. The zero-order valence-electron chi connectivity index (χ0n) is 17.7. The minimum atomic E-state index is -0.544. The van der Waals surface area contributed by atoms with Crippen LogP contribution >= 0.6 is 0 Å². The van der Waals surface area contributed by atoms with Crippen molar-refractivity contribution < 1.29 is 19.1 Å². The number of carbonyl (C=O) groups excluding carboxylic acids is 3. The van der Waals surface area contributed by atoms with E-state index in [0.717, 1.165) is 28.9 Å². The lowest BCUT2D eigenvalue weighted by molar-refractivity contribution is -0.134. The van der Waals surface area contributed by atoms with Crippen molar-refractivity contribution in [2.24, 2.45) is 0 Å². The third kappa shape index (κ3) is 7.55. The highest BCUT2D eigenvalue weighted by Crippen LogP contribution is 2.22. The van der Waals surface area contributed by atoms with E-state index in [1.807, 2.05) is 27.7 Å². The summed E-state index contributed by atoms with van der Waals surface area (Å²) in [6.07, 6.45) is 8.54. The fourth-order valence-corrected chi connectivity index (χ4v) is 2.80. The van der Waals surface area contributed by atoms with Gasteiger partial charge in [-0.1, -0.05) is 36.5 Å². The van der Waals surface area contributed by atoms with Crippen molar-refractivity contribution in [3.63, 3.8) is 0 Å². The molecule has 1 aliphatic rings. The SMILES string of the molecule is C=C/C=C\C=C(/C)C(=O)N(C=O)C/C(C)=C1\CCCN(C(=O)OC(C)(C)C)C1. The lowest BCUT2D eigenvalue weighted by atomic mass is 9.99. The van der Waals surface area contributed by atoms with Crippen LogP contribution in [0, 0.1) is 0 Å². The standard InChI is InChI=1S/C22H32N2O4/c1-7-8-9-11-17(2)20(26)24(16-25)14-18(3)19-12-10-13-23(15-19)21(27)28-22(4,5)6/h7-9,11,16H,1,10,12-15H2,2-6H3/b9-8-,17-11+,19-18+. The van der Waals surface area contributed by atoms with Gasteiger partial charge < -0.3 is 9.64 Å². The second-order valence-electron chi connectivity index (χ2n) is 7.90. The number of hydrogen-bond acceptors (Lipinski definition) is 4. The third-order valence-corrected chi connectivity index (χ3v) is 4.27. The molecule has 1 heterocycles. The lowest BCUT2D eigenvalue weighted by Crippen LogP contribution is -2.41. The van der Waals surface area contributed by atoms with Gasteiger partial charge in [0.1, 0.15) is 5.60 Å². The molecule has 0 N–H and O–H groups in total. The Bertz CT molecular complexity index is 696. The van der Waals surface area contributed by atoms with Crippen LogP contribution in [0.4, 0.5) is 4.79 Å². The van der Waals surface area contributed by atoms with Gasteiger partial charge in [-0.2, -0.15) is 0 Å². The van der Waals surface area contributed by atoms with E-state index < -0.39 is 5.60 Å². The number of imide groups is 1. The first-order valence-corrected chi connectivity index (χ1v) is 9.46. The first kappa shape index (κ1) is 23.4. The van der Waals surface area contributed by atoms with Gasteiger partial charge in [-0.05, 0) is 53.0 Å². The summed E-state index contributed by atoms with van der Waals surface area (Å²) in [4.78, 5) is 39.1. The molecular formula is C22H32N2O4. The summed E-state index contributed by atoms with van der Waals surface area (Å²) in [6, 6.07) is 0. The Morgan fingerprint density at radius 3 is 2.50 bits per heavy atom. The molecule has 0 unspecified atom stereocenters. The number of rotatable bonds is 6. The molecule has 6 nitrogen and oxygen atoms in total. The molecule has 0 aromatic carbocycles. The maximum Gasteiger partial charge on any atom is 0.410 e. The van der Waals surface area contributed by atoms with Crippen LogP contribution in [0.2, 0.25) is 0 Å². The van der Waals surface area contributed by atoms with Crippen molar-refractivity contribution in [1.82, 2.24) is 9.80 Å². The number of nitrogens with zero attached hydrogens (tertiary/aromatic N) is 2. The topological polar surface area (TPSA) is 66.9 Å². The first-order valence-electron chi connectivity index (χ1n) is 9.46. The molecule has 6 heteroatoms. The number of piperidine rings is 1. The molecule has 0 atom stereocenters. The number of likely N-dealkylation sites (tertiary alicyclic amines) is 1. The molecule has 0 aromatic rings. The van der Waals surface area contributed by atoms with E-state index in [2.05, 4.69) is 6.58 Å². The number of carbonyl (C=O) groups is 3. The largest absolute Gasteiger partial charge is 0.444 e. The van der Waals surface area contributed by atoms with Gasteiger partial charge in [-0.25, -0.2) is 4.79 Å². The van der Waals surface area contributed by atoms with E-state index in [1.165, 1.54) is 0 Å². The van der Waals surface area contributed by atoms with Crippen LogP contribution in [0.5, 0.6) is 0 Å². The van der Waals surface area contributed by atoms with Gasteiger partial charge in [0, 0.05) is 25.2 Å². The second kappa shape index (κ2) is 10.6. The second-order valence-corrected chi connectivity index (χ2v) is 7.90. The summed E-state index contributed by atoms with van der Waals surface area (Å²) in [5.41, 5.74) is 1.90. The molecule has 0 radical (unpaired) electrons. The molecule has 1 fully saturated rings. The summed E-state index contributed by atoms with van der Waals surface area (Å²) in [5.74, 6) is -0.344. The van der Waals surface area contributed by atoms with Gasteiger partial charge in [-0.3, -0.25) is 14.5 Å². The summed E-state index contributed by atoms with van der Waals surface area (Å²) in [5, 5.41) is 0. The Morgan fingerprint density at radius 1 is 1.25 bits per heavy atom. The Labute approximate surface area is 168 Å². The van der Waals surface area contributed by atoms with Crippen molar-refractivity contribution in [2.45, 2.75) is 53.1 Å². The molecule has 0 aliphatic carbocycles. The average Bonchev–Trinajstić information content (AvgIpc) is 2.64. The van der Waals surface area contributed by atoms with Crippen molar-refractivity contribution in [2.75, 3.05) is 19.6 Å². The van der Waals surface area contributed by atoms with Gasteiger partial charge in [-0.15, -0.1) is 0 Å². The zero-order chi connectivity index (χ0) is 21.3. The Kier molecular flexibility index (Phi) is 8.89. The van der Waals surface area contributed by atoms with Gasteiger partial charge >= 0.3 is 6.09 Å². The molecule has 0 bridgehead atoms.